The van der Waals surface area contributed by atoms with Crippen molar-refractivity contribution in [1.29, 1.82) is 0 Å². The molecule has 0 bridgehead atoms. The van der Waals surface area contributed by atoms with Crippen LogP contribution in [0.3, 0.4) is 0 Å². The van der Waals surface area contributed by atoms with Crippen LogP contribution in [0.15, 0.2) is 42.5 Å². The van der Waals surface area contributed by atoms with Gasteiger partial charge in [-0.25, -0.2) is 4.39 Å². The van der Waals surface area contributed by atoms with E-state index in [0.717, 1.165) is 30.8 Å². The van der Waals surface area contributed by atoms with Crippen molar-refractivity contribution in [3.63, 3.8) is 0 Å². The van der Waals surface area contributed by atoms with Crippen LogP contribution in [0, 0.1) is 5.82 Å². The van der Waals surface area contributed by atoms with Gasteiger partial charge in [0.2, 0.25) is 5.91 Å². The van der Waals surface area contributed by atoms with Crippen molar-refractivity contribution >= 4 is 5.91 Å². The first kappa shape index (κ1) is 18.5. The zero-order valence-electron chi connectivity index (χ0n) is 15.5. The molecule has 3 rings (SSSR count). The van der Waals surface area contributed by atoms with E-state index in [-0.39, 0.29) is 17.6 Å². The Hall–Kier alpha value is -2.27. The highest BCUT2D eigenvalue weighted by atomic mass is 19.1. The topological polar surface area (TPSA) is 36.4 Å². The molecule has 0 radical (unpaired) electrons. The second-order valence-electron chi connectivity index (χ2n) is 7.24. The molecule has 1 atom stereocenters. The largest absolute Gasteiger partial charge is 0.341 e. The van der Waals surface area contributed by atoms with Gasteiger partial charge in [-0.2, -0.15) is 0 Å². The lowest BCUT2D eigenvalue weighted by molar-refractivity contribution is -0.133. The fourth-order valence-corrected chi connectivity index (χ4v) is 3.48. The molecule has 0 spiro atoms. The van der Waals surface area contributed by atoms with Gasteiger partial charge in [0, 0.05) is 36.8 Å². The van der Waals surface area contributed by atoms with Crippen LogP contribution in [0.2, 0.25) is 0 Å². The summed E-state index contributed by atoms with van der Waals surface area (Å²) < 4.78 is 13.9. The van der Waals surface area contributed by atoms with Gasteiger partial charge in [0.05, 0.1) is 6.54 Å². The number of carbonyl (C=O) groups is 1. The molecule has 0 N–H and O–H groups in total. The maximum atomic E-state index is 13.9. The highest BCUT2D eigenvalue weighted by Crippen LogP contribution is 2.26. The SMILES string of the molecule is CN(C)CC(=O)N1CCC[C@H](c2cccc(Cc3ccccc3F)n2)C1. The van der Waals surface area contributed by atoms with Crippen molar-refractivity contribution in [2.45, 2.75) is 25.2 Å². The van der Waals surface area contributed by atoms with Crippen LogP contribution >= 0.6 is 0 Å². The Labute approximate surface area is 154 Å². The number of amides is 1. The molecule has 26 heavy (non-hydrogen) atoms. The number of rotatable bonds is 5. The lowest BCUT2D eigenvalue weighted by atomic mass is 9.93. The van der Waals surface area contributed by atoms with Crippen LogP contribution < -0.4 is 0 Å². The third-order valence-electron chi connectivity index (χ3n) is 4.80. The van der Waals surface area contributed by atoms with Gasteiger partial charge in [0.15, 0.2) is 0 Å². The highest BCUT2D eigenvalue weighted by molar-refractivity contribution is 5.78. The van der Waals surface area contributed by atoms with Crippen molar-refractivity contribution in [2.24, 2.45) is 0 Å². The average molecular weight is 355 g/mol. The number of nitrogens with zero attached hydrogens (tertiary/aromatic N) is 3. The Bertz CT molecular complexity index is 762. The van der Waals surface area contributed by atoms with Crippen molar-refractivity contribution in [2.75, 3.05) is 33.7 Å². The normalized spacial score (nSPS) is 17.5. The second-order valence-corrected chi connectivity index (χ2v) is 7.24. The monoisotopic (exact) mass is 355 g/mol. The summed E-state index contributed by atoms with van der Waals surface area (Å²) in [5.74, 6) is 0.218. The van der Waals surface area contributed by atoms with Gasteiger partial charge in [-0.3, -0.25) is 9.78 Å². The number of hydrogen-bond acceptors (Lipinski definition) is 3. The molecule has 1 aliphatic rings. The molecule has 4 nitrogen and oxygen atoms in total. The standard InChI is InChI=1S/C21H26FN3O/c1-24(2)15-21(26)25-12-6-8-17(14-25)20-11-5-9-18(23-20)13-16-7-3-4-10-19(16)22/h3-5,7,9-11,17H,6,8,12-15H2,1-2H3/t17-/m0/s1. The van der Waals surface area contributed by atoms with E-state index >= 15 is 0 Å². The number of likely N-dealkylation sites (N-methyl/N-ethyl adjacent to an activating group) is 1. The maximum Gasteiger partial charge on any atom is 0.236 e. The Morgan fingerprint density at radius 1 is 1.23 bits per heavy atom. The smallest absolute Gasteiger partial charge is 0.236 e. The van der Waals surface area contributed by atoms with Gasteiger partial charge in [0.25, 0.3) is 0 Å². The van der Waals surface area contributed by atoms with Crippen molar-refractivity contribution in [1.82, 2.24) is 14.8 Å². The van der Waals surface area contributed by atoms with E-state index in [2.05, 4.69) is 0 Å². The molecule has 0 unspecified atom stereocenters. The average Bonchev–Trinajstić information content (AvgIpc) is 2.63. The Balaban J connectivity index is 1.71. The first-order chi connectivity index (χ1) is 12.5. The number of hydrogen-bond donors (Lipinski definition) is 0. The summed E-state index contributed by atoms with van der Waals surface area (Å²) in [6.07, 6.45) is 2.50. The van der Waals surface area contributed by atoms with Gasteiger partial charge < -0.3 is 9.80 Å². The summed E-state index contributed by atoms with van der Waals surface area (Å²) in [4.78, 5) is 21.0. The third kappa shape index (κ3) is 4.67. The Kier molecular flexibility index (Phi) is 5.99. The first-order valence-electron chi connectivity index (χ1n) is 9.14. The van der Waals surface area contributed by atoms with E-state index in [0.29, 0.717) is 25.1 Å². The van der Waals surface area contributed by atoms with Crippen LogP contribution in [-0.4, -0.2) is 54.4 Å². The van der Waals surface area contributed by atoms with E-state index in [9.17, 15) is 9.18 Å². The second kappa shape index (κ2) is 8.41. The lowest BCUT2D eigenvalue weighted by Crippen LogP contribution is -2.43. The minimum Gasteiger partial charge on any atom is -0.341 e. The van der Waals surface area contributed by atoms with Crippen molar-refractivity contribution in [3.05, 3.63) is 65.2 Å². The molecular weight excluding hydrogens is 329 g/mol. The number of benzene rings is 1. The molecule has 1 saturated heterocycles. The van der Waals surface area contributed by atoms with E-state index in [1.807, 2.05) is 48.2 Å². The van der Waals surface area contributed by atoms with Crippen LogP contribution in [0.1, 0.15) is 35.7 Å². The number of likely N-dealkylation sites (tertiary alicyclic amines) is 1. The Morgan fingerprint density at radius 2 is 2.04 bits per heavy atom. The van der Waals surface area contributed by atoms with E-state index < -0.39 is 0 Å². The molecule has 1 fully saturated rings. The molecule has 5 heteroatoms. The lowest BCUT2D eigenvalue weighted by Gasteiger charge is -2.33. The molecule has 0 saturated carbocycles. The van der Waals surface area contributed by atoms with Crippen molar-refractivity contribution in [3.8, 4) is 0 Å². The summed E-state index contributed by atoms with van der Waals surface area (Å²) in [7, 11) is 3.82. The van der Waals surface area contributed by atoms with Gasteiger partial charge in [0.1, 0.15) is 5.82 Å². The van der Waals surface area contributed by atoms with Crippen LogP contribution in [0.5, 0.6) is 0 Å². The van der Waals surface area contributed by atoms with E-state index in [4.69, 9.17) is 4.98 Å². The van der Waals surface area contributed by atoms with Crippen molar-refractivity contribution < 1.29 is 9.18 Å². The fraction of sp³-hybridized carbons (Fsp3) is 0.429. The highest BCUT2D eigenvalue weighted by Gasteiger charge is 2.25. The molecule has 138 valence electrons. The number of halogens is 1. The Morgan fingerprint density at radius 3 is 2.81 bits per heavy atom. The molecule has 2 heterocycles. The van der Waals surface area contributed by atoms with Crippen LogP contribution in [0.4, 0.5) is 4.39 Å². The fourth-order valence-electron chi connectivity index (χ4n) is 3.48. The van der Waals surface area contributed by atoms with Gasteiger partial charge in [-0.1, -0.05) is 24.3 Å². The van der Waals surface area contributed by atoms with Gasteiger partial charge in [-0.15, -0.1) is 0 Å². The molecule has 1 aromatic carbocycles. The van der Waals surface area contributed by atoms with E-state index in [1.54, 1.807) is 12.1 Å². The molecule has 1 amide bonds. The molecule has 1 aromatic heterocycles. The van der Waals surface area contributed by atoms with Crippen LogP contribution in [0.25, 0.3) is 0 Å². The molecular formula is C21H26FN3O. The number of piperidine rings is 1. The number of pyridine rings is 1. The number of aromatic nitrogens is 1. The summed E-state index contributed by atoms with van der Waals surface area (Å²) >= 11 is 0. The predicted molar refractivity (Wildman–Crippen MR) is 101 cm³/mol. The minimum absolute atomic E-state index is 0.169. The van der Waals surface area contributed by atoms with E-state index in [1.165, 1.54) is 6.07 Å². The summed E-state index contributed by atoms with van der Waals surface area (Å²) in [6, 6.07) is 12.8. The minimum atomic E-state index is -0.196. The third-order valence-corrected chi connectivity index (χ3v) is 4.80. The van der Waals surface area contributed by atoms with Gasteiger partial charge >= 0.3 is 0 Å². The first-order valence-corrected chi connectivity index (χ1v) is 9.14. The predicted octanol–water partition coefficient (Wildman–Crippen LogP) is 3.08. The molecule has 2 aromatic rings. The summed E-state index contributed by atoms with van der Waals surface area (Å²) in [5, 5.41) is 0. The quantitative estimate of drug-likeness (QED) is 0.827. The zero-order valence-corrected chi connectivity index (χ0v) is 15.5. The zero-order chi connectivity index (χ0) is 18.5. The number of carbonyl (C=O) groups excluding carboxylic acids is 1. The molecule has 0 aliphatic carbocycles. The maximum absolute atomic E-state index is 13.9. The summed E-state index contributed by atoms with van der Waals surface area (Å²) in [5.41, 5.74) is 2.52. The summed E-state index contributed by atoms with van der Waals surface area (Å²) in [6.45, 7) is 1.97. The van der Waals surface area contributed by atoms with Crippen LogP contribution in [-0.2, 0) is 11.2 Å². The molecule has 1 aliphatic heterocycles. The van der Waals surface area contributed by atoms with Gasteiger partial charge in [-0.05, 0) is 50.7 Å².